The number of carbonyl (C=O) groups excluding carboxylic acids is 1. The Morgan fingerprint density at radius 1 is 1.17 bits per heavy atom. The average molecular weight is 367 g/mol. The number of nitrogens with zero attached hydrogens (tertiary/aromatic N) is 1. The normalized spacial score (nSPS) is 11.1. The maximum atomic E-state index is 12.3. The molecule has 5 nitrogen and oxygen atoms in total. The van der Waals surface area contributed by atoms with Gasteiger partial charge in [-0.15, -0.1) is 0 Å². The van der Waals surface area contributed by atoms with Crippen molar-refractivity contribution in [2.45, 2.75) is 13.3 Å². The summed E-state index contributed by atoms with van der Waals surface area (Å²) in [6, 6.07) is 13.9. The highest BCUT2D eigenvalue weighted by Gasteiger charge is 2.19. The molecule has 7 heteroatoms. The molecule has 0 bridgehead atoms. The fourth-order valence-corrected chi connectivity index (χ4v) is 3.39. The molecule has 2 rings (SSSR count). The highest BCUT2D eigenvalue weighted by atomic mass is 35.5. The molecule has 0 aromatic heterocycles. The number of para-hydroxylation sites is 1. The van der Waals surface area contributed by atoms with Crippen LogP contribution in [0.2, 0.25) is 5.02 Å². The molecule has 128 valence electrons. The summed E-state index contributed by atoms with van der Waals surface area (Å²) >= 11 is 6.00. The molecule has 0 aliphatic heterocycles. The van der Waals surface area contributed by atoms with Crippen LogP contribution < -0.4 is 9.62 Å². The number of rotatable bonds is 6. The maximum Gasteiger partial charge on any atom is 0.235 e. The zero-order valence-electron chi connectivity index (χ0n) is 13.5. The Morgan fingerprint density at radius 2 is 1.83 bits per heavy atom. The van der Waals surface area contributed by atoms with Crippen molar-refractivity contribution in [3.8, 4) is 0 Å². The number of amides is 1. The van der Waals surface area contributed by atoms with Gasteiger partial charge in [0, 0.05) is 24.2 Å². The third-order valence-corrected chi connectivity index (χ3v) is 5.75. The fourth-order valence-electron chi connectivity index (χ4n) is 2.05. The van der Waals surface area contributed by atoms with E-state index in [9.17, 15) is 13.2 Å². The molecule has 0 fully saturated rings. The van der Waals surface area contributed by atoms with Crippen LogP contribution in [0.15, 0.2) is 48.5 Å². The Balaban J connectivity index is 1.96. The Morgan fingerprint density at radius 3 is 2.46 bits per heavy atom. The molecular weight excluding hydrogens is 348 g/mol. The van der Waals surface area contributed by atoms with Gasteiger partial charge in [0.1, 0.15) is 0 Å². The lowest BCUT2D eigenvalue weighted by Gasteiger charge is -2.19. The van der Waals surface area contributed by atoms with Gasteiger partial charge in [-0.25, -0.2) is 8.42 Å². The van der Waals surface area contributed by atoms with Gasteiger partial charge < -0.3 is 5.32 Å². The van der Waals surface area contributed by atoms with Crippen LogP contribution in [0.1, 0.15) is 12.0 Å². The molecular formula is C17H19ClN2O3S. The molecule has 24 heavy (non-hydrogen) atoms. The Bertz CT molecular complexity index is 823. The molecule has 0 saturated heterocycles. The summed E-state index contributed by atoms with van der Waals surface area (Å²) in [5, 5.41) is 3.20. The molecule has 0 saturated carbocycles. The minimum Gasteiger partial charge on any atom is -0.326 e. The third-order valence-electron chi connectivity index (χ3n) is 3.58. The number of anilines is 2. The zero-order valence-corrected chi connectivity index (χ0v) is 15.1. The number of halogens is 1. The van der Waals surface area contributed by atoms with Gasteiger partial charge in [0.15, 0.2) is 0 Å². The lowest BCUT2D eigenvalue weighted by molar-refractivity contribution is -0.115. The lowest BCUT2D eigenvalue weighted by atomic mass is 10.2. The van der Waals surface area contributed by atoms with Crippen LogP contribution in [0.25, 0.3) is 0 Å². The van der Waals surface area contributed by atoms with Gasteiger partial charge in [0.2, 0.25) is 15.9 Å². The Hall–Kier alpha value is -2.05. The van der Waals surface area contributed by atoms with Gasteiger partial charge >= 0.3 is 0 Å². The van der Waals surface area contributed by atoms with Gasteiger partial charge in [-0.1, -0.05) is 35.9 Å². The Labute approximate surface area is 147 Å². The van der Waals surface area contributed by atoms with E-state index in [0.29, 0.717) is 16.4 Å². The summed E-state index contributed by atoms with van der Waals surface area (Å²) in [5.41, 5.74) is 2.01. The first-order valence-corrected chi connectivity index (χ1v) is 9.36. The zero-order chi connectivity index (χ0) is 17.7. The van der Waals surface area contributed by atoms with E-state index in [1.54, 1.807) is 42.5 Å². The second-order valence-corrected chi connectivity index (χ2v) is 7.91. The van der Waals surface area contributed by atoms with Crippen molar-refractivity contribution in [2.75, 3.05) is 22.4 Å². The SMILES string of the molecule is Cc1ccc(NC(=O)CCS(=O)(=O)N(C)c2ccccc2)cc1Cl. The van der Waals surface area contributed by atoms with Gasteiger partial charge in [-0.05, 0) is 36.8 Å². The van der Waals surface area contributed by atoms with E-state index in [1.807, 2.05) is 13.0 Å². The van der Waals surface area contributed by atoms with Gasteiger partial charge in [-0.2, -0.15) is 0 Å². The summed E-state index contributed by atoms with van der Waals surface area (Å²) in [4.78, 5) is 12.0. The summed E-state index contributed by atoms with van der Waals surface area (Å²) < 4.78 is 25.8. The largest absolute Gasteiger partial charge is 0.326 e. The molecule has 2 aromatic rings. The van der Waals surface area contributed by atoms with E-state index in [4.69, 9.17) is 11.6 Å². The van der Waals surface area contributed by atoms with Crippen molar-refractivity contribution >= 4 is 38.9 Å². The molecule has 2 aromatic carbocycles. The number of sulfonamides is 1. The minimum atomic E-state index is -3.57. The molecule has 0 heterocycles. The van der Waals surface area contributed by atoms with Crippen LogP contribution >= 0.6 is 11.6 Å². The number of hydrogen-bond donors (Lipinski definition) is 1. The average Bonchev–Trinajstić information content (AvgIpc) is 2.56. The van der Waals surface area contributed by atoms with E-state index >= 15 is 0 Å². The summed E-state index contributed by atoms with van der Waals surface area (Å²) in [7, 11) is -2.09. The summed E-state index contributed by atoms with van der Waals surface area (Å²) in [6.07, 6.45) is -0.134. The topological polar surface area (TPSA) is 66.5 Å². The van der Waals surface area contributed by atoms with E-state index < -0.39 is 10.0 Å². The van der Waals surface area contributed by atoms with Crippen LogP contribution in [-0.4, -0.2) is 27.1 Å². The molecule has 0 spiro atoms. The first-order valence-electron chi connectivity index (χ1n) is 7.37. The number of nitrogens with one attached hydrogen (secondary N) is 1. The maximum absolute atomic E-state index is 12.3. The number of carbonyl (C=O) groups is 1. The first-order chi connectivity index (χ1) is 11.3. The fraction of sp³-hybridized carbons (Fsp3) is 0.235. The number of aryl methyl sites for hydroxylation is 1. The first kappa shape index (κ1) is 18.3. The van der Waals surface area contributed by atoms with Crippen molar-refractivity contribution in [3.63, 3.8) is 0 Å². The van der Waals surface area contributed by atoms with Crippen LogP contribution in [-0.2, 0) is 14.8 Å². The molecule has 1 N–H and O–H groups in total. The quantitative estimate of drug-likeness (QED) is 0.851. The van der Waals surface area contributed by atoms with E-state index in [-0.39, 0.29) is 18.1 Å². The van der Waals surface area contributed by atoms with Crippen LogP contribution in [0.5, 0.6) is 0 Å². The highest BCUT2D eigenvalue weighted by molar-refractivity contribution is 7.92. The monoisotopic (exact) mass is 366 g/mol. The van der Waals surface area contributed by atoms with Crippen molar-refractivity contribution in [3.05, 3.63) is 59.1 Å². The second kappa shape index (κ2) is 7.68. The van der Waals surface area contributed by atoms with Gasteiger partial charge in [0.05, 0.1) is 11.4 Å². The number of benzene rings is 2. The smallest absolute Gasteiger partial charge is 0.235 e. The van der Waals surface area contributed by atoms with Gasteiger partial charge in [0.25, 0.3) is 0 Å². The van der Waals surface area contributed by atoms with Crippen molar-refractivity contribution in [2.24, 2.45) is 0 Å². The molecule has 1 amide bonds. The molecule has 0 atom stereocenters. The summed E-state index contributed by atoms with van der Waals surface area (Å²) in [5.74, 6) is -0.649. The van der Waals surface area contributed by atoms with Crippen LogP contribution in [0.3, 0.4) is 0 Å². The summed E-state index contributed by atoms with van der Waals surface area (Å²) in [6.45, 7) is 1.86. The minimum absolute atomic E-state index is 0.134. The second-order valence-electron chi connectivity index (χ2n) is 5.38. The molecule has 0 aliphatic carbocycles. The Kier molecular flexibility index (Phi) is 5.85. The van der Waals surface area contributed by atoms with Crippen LogP contribution in [0, 0.1) is 6.92 Å². The molecule has 0 radical (unpaired) electrons. The van der Waals surface area contributed by atoms with Gasteiger partial charge in [-0.3, -0.25) is 9.10 Å². The van der Waals surface area contributed by atoms with Crippen molar-refractivity contribution in [1.82, 2.24) is 0 Å². The predicted octanol–water partition coefficient (Wildman–Crippen LogP) is 3.44. The molecule has 0 aliphatic rings. The number of hydrogen-bond acceptors (Lipinski definition) is 3. The standard InChI is InChI=1S/C17H19ClN2O3S/c1-13-8-9-14(12-16(13)18)19-17(21)10-11-24(22,23)20(2)15-6-4-3-5-7-15/h3-9,12H,10-11H2,1-2H3,(H,19,21). The highest BCUT2D eigenvalue weighted by Crippen LogP contribution is 2.20. The third kappa shape index (κ3) is 4.72. The van der Waals surface area contributed by atoms with Crippen molar-refractivity contribution < 1.29 is 13.2 Å². The molecule has 0 unspecified atom stereocenters. The predicted molar refractivity (Wildman–Crippen MR) is 98.1 cm³/mol. The van der Waals surface area contributed by atoms with E-state index in [0.717, 1.165) is 5.56 Å². The lowest BCUT2D eigenvalue weighted by Crippen LogP contribution is -2.30. The van der Waals surface area contributed by atoms with E-state index in [2.05, 4.69) is 5.32 Å². The van der Waals surface area contributed by atoms with E-state index in [1.165, 1.54) is 11.4 Å². The van der Waals surface area contributed by atoms with Crippen LogP contribution in [0.4, 0.5) is 11.4 Å². The van der Waals surface area contributed by atoms with Crippen molar-refractivity contribution in [1.29, 1.82) is 0 Å².